The number of hydrazone groups is 1. The third-order valence-electron chi connectivity index (χ3n) is 2.61. The summed E-state index contributed by atoms with van der Waals surface area (Å²) in [7, 11) is 1.62. The standard InChI is InChI=1S/C11H11N7OS/c1-19-5-2-3-6-7(4-5)20-11(14-6)18-15-8-9(12)16-17-10(8)13/h2-4H,1H3,(H,14,18)(H4,12,13,15,16,17). The van der Waals surface area contributed by atoms with Crippen LogP contribution in [0.15, 0.2) is 33.5 Å². The van der Waals surface area contributed by atoms with Crippen LogP contribution in [0.4, 0.5) is 5.13 Å². The SMILES string of the molecule is COc1ccc2nc(NN=C3C(N)=NN=C3N)sc2c1. The summed E-state index contributed by atoms with van der Waals surface area (Å²) in [5.41, 5.74) is 15.2. The van der Waals surface area contributed by atoms with Crippen LogP contribution in [0.3, 0.4) is 0 Å². The Morgan fingerprint density at radius 3 is 2.70 bits per heavy atom. The Bertz CT molecular complexity index is 741. The molecule has 0 unspecified atom stereocenters. The fourth-order valence-electron chi connectivity index (χ4n) is 1.63. The predicted molar refractivity (Wildman–Crippen MR) is 80.5 cm³/mol. The van der Waals surface area contributed by atoms with Crippen LogP contribution >= 0.6 is 11.3 Å². The molecule has 0 spiro atoms. The Balaban J connectivity index is 1.87. The Kier molecular flexibility index (Phi) is 2.95. The smallest absolute Gasteiger partial charge is 0.204 e. The number of nitrogens with two attached hydrogens (primary N) is 2. The van der Waals surface area contributed by atoms with E-state index in [0.717, 1.165) is 16.0 Å². The van der Waals surface area contributed by atoms with Crippen LogP contribution in [0.1, 0.15) is 0 Å². The van der Waals surface area contributed by atoms with Crippen molar-refractivity contribution in [1.82, 2.24) is 4.98 Å². The maximum atomic E-state index is 5.60. The van der Waals surface area contributed by atoms with Gasteiger partial charge in [0, 0.05) is 0 Å². The molecule has 0 bridgehead atoms. The molecule has 0 radical (unpaired) electrons. The summed E-state index contributed by atoms with van der Waals surface area (Å²) < 4.78 is 6.16. The zero-order chi connectivity index (χ0) is 14.1. The Hall–Kier alpha value is -2.68. The summed E-state index contributed by atoms with van der Waals surface area (Å²) in [4.78, 5) is 4.38. The minimum Gasteiger partial charge on any atom is -0.497 e. The van der Waals surface area contributed by atoms with Crippen molar-refractivity contribution in [3.05, 3.63) is 18.2 Å². The third-order valence-corrected chi connectivity index (χ3v) is 3.53. The summed E-state index contributed by atoms with van der Waals surface area (Å²) >= 11 is 1.44. The number of hydrogen-bond donors (Lipinski definition) is 3. The molecule has 0 atom stereocenters. The van der Waals surface area contributed by atoms with Gasteiger partial charge in [-0.25, -0.2) is 4.98 Å². The number of amidine groups is 2. The van der Waals surface area contributed by atoms with Crippen molar-refractivity contribution in [3.63, 3.8) is 0 Å². The largest absolute Gasteiger partial charge is 0.497 e. The number of methoxy groups -OCH3 is 1. The van der Waals surface area contributed by atoms with E-state index in [1.54, 1.807) is 7.11 Å². The van der Waals surface area contributed by atoms with E-state index in [4.69, 9.17) is 16.2 Å². The van der Waals surface area contributed by atoms with Gasteiger partial charge < -0.3 is 16.2 Å². The molecule has 0 saturated heterocycles. The van der Waals surface area contributed by atoms with Crippen LogP contribution in [0, 0.1) is 0 Å². The minimum absolute atomic E-state index is 0.179. The third kappa shape index (κ3) is 2.14. The van der Waals surface area contributed by atoms with Crippen LogP contribution in [0.25, 0.3) is 10.2 Å². The van der Waals surface area contributed by atoms with Crippen molar-refractivity contribution in [2.45, 2.75) is 0 Å². The molecular weight excluding hydrogens is 278 g/mol. The maximum Gasteiger partial charge on any atom is 0.204 e. The number of thiazole rings is 1. The molecule has 3 rings (SSSR count). The highest BCUT2D eigenvalue weighted by Crippen LogP contribution is 2.29. The molecule has 5 N–H and O–H groups in total. The van der Waals surface area contributed by atoms with Gasteiger partial charge >= 0.3 is 0 Å². The number of nitrogens with one attached hydrogen (secondary N) is 1. The van der Waals surface area contributed by atoms with Crippen molar-refractivity contribution < 1.29 is 4.74 Å². The minimum atomic E-state index is 0.179. The van der Waals surface area contributed by atoms with Gasteiger partial charge in [0.15, 0.2) is 17.4 Å². The number of ether oxygens (including phenoxy) is 1. The Morgan fingerprint density at radius 2 is 2.00 bits per heavy atom. The van der Waals surface area contributed by atoms with Crippen LogP contribution < -0.4 is 21.6 Å². The lowest BCUT2D eigenvalue weighted by Gasteiger charge is -1.97. The zero-order valence-electron chi connectivity index (χ0n) is 10.5. The highest BCUT2D eigenvalue weighted by molar-refractivity contribution is 7.22. The van der Waals surface area contributed by atoms with Gasteiger partial charge in [-0.05, 0) is 18.2 Å². The lowest BCUT2D eigenvalue weighted by Crippen LogP contribution is -2.32. The number of aromatic nitrogens is 1. The average Bonchev–Trinajstić information content (AvgIpc) is 2.99. The molecule has 102 valence electrons. The highest BCUT2D eigenvalue weighted by atomic mass is 32.1. The second-order valence-corrected chi connectivity index (χ2v) is 4.93. The molecule has 0 amide bonds. The van der Waals surface area contributed by atoms with Crippen molar-refractivity contribution >= 4 is 44.1 Å². The average molecular weight is 289 g/mol. The normalized spacial score (nSPS) is 14.2. The first kappa shape index (κ1) is 12.4. The molecule has 0 saturated carbocycles. The van der Waals surface area contributed by atoms with E-state index in [9.17, 15) is 0 Å². The van der Waals surface area contributed by atoms with Gasteiger partial charge in [0.25, 0.3) is 0 Å². The number of benzene rings is 1. The van der Waals surface area contributed by atoms with Crippen LogP contribution in [-0.4, -0.2) is 29.5 Å². The second-order valence-electron chi connectivity index (χ2n) is 3.90. The predicted octanol–water partition coefficient (Wildman–Crippen LogP) is 0.716. The van der Waals surface area contributed by atoms with E-state index >= 15 is 0 Å². The number of fused-ring (bicyclic) bond motifs is 1. The lowest BCUT2D eigenvalue weighted by molar-refractivity contribution is 0.415. The first-order valence-electron chi connectivity index (χ1n) is 5.63. The quantitative estimate of drug-likeness (QED) is 0.718. The van der Waals surface area contributed by atoms with Crippen molar-refractivity contribution in [2.75, 3.05) is 12.5 Å². The molecule has 1 aromatic carbocycles. The van der Waals surface area contributed by atoms with Crippen LogP contribution in [-0.2, 0) is 0 Å². The lowest BCUT2D eigenvalue weighted by atomic mass is 10.3. The first-order valence-corrected chi connectivity index (χ1v) is 6.44. The molecule has 1 aliphatic rings. The van der Waals surface area contributed by atoms with E-state index in [1.165, 1.54) is 11.3 Å². The summed E-state index contributed by atoms with van der Waals surface area (Å²) in [6.07, 6.45) is 0. The number of rotatable bonds is 3. The molecule has 9 heteroatoms. The molecule has 0 aliphatic carbocycles. The fraction of sp³-hybridized carbons (Fsp3) is 0.0909. The van der Waals surface area contributed by atoms with Gasteiger partial charge in [-0.3, -0.25) is 5.43 Å². The van der Waals surface area contributed by atoms with E-state index in [-0.39, 0.29) is 11.7 Å². The molecule has 2 aromatic rings. The van der Waals surface area contributed by atoms with Gasteiger partial charge in [-0.15, -0.1) is 10.2 Å². The summed E-state index contributed by atoms with van der Waals surface area (Å²) in [5, 5.41) is 11.9. The Morgan fingerprint density at radius 1 is 1.25 bits per heavy atom. The number of hydrogen-bond acceptors (Lipinski definition) is 9. The van der Waals surface area contributed by atoms with E-state index in [1.807, 2.05) is 18.2 Å². The van der Waals surface area contributed by atoms with Crippen molar-refractivity contribution in [3.8, 4) is 5.75 Å². The molecule has 0 fully saturated rings. The fourth-order valence-corrected chi connectivity index (χ4v) is 2.47. The monoisotopic (exact) mass is 289 g/mol. The van der Waals surface area contributed by atoms with Crippen molar-refractivity contribution in [1.29, 1.82) is 0 Å². The number of anilines is 1. The molecule has 1 aromatic heterocycles. The summed E-state index contributed by atoms with van der Waals surface area (Å²) in [6.45, 7) is 0. The Labute approximate surface area is 117 Å². The van der Waals surface area contributed by atoms with E-state index in [0.29, 0.717) is 10.8 Å². The highest BCUT2D eigenvalue weighted by Gasteiger charge is 2.16. The van der Waals surface area contributed by atoms with Gasteiger partial charge in [-0.1, -0.05) is 11.3 Å². The first-order chi connectivity index (χ1) is 9.67. The topological polar surface area (TPSA) is 123 Å². The molecule has 1 aliphatic heterocycles. The van der Waals surface area contributed by atoms with Crippen LogP contribution in [0.5, 0.6) is 5.75 Å². The summed E-state index contributed by atoms with van der Waals surface area (Å²) in [6, 6.07) is 5.64. The zero-order valence-corrected chi connectivity index (χ0v) is 11.3. The molecule has 20 heavy (non-hydrogen) atoms. The second kappa shape index (κ2) is 4.78. The van der Waals surface area contributed by atoms with Gasteiger partial charge in [0.1, 0.15) is 5.75 Å². The van der Waals surface area contributed by atoms with Crippen LogP contribution in [0.2, 0.25) is 0 Å². The van der Waals surface area contributed by atoms with Gasteiger partial charge in [0.05, 0.1) is 17.3 Å². The van der Waals surface area contributed by atoms with E-state index < -0.39 is 0 Å². The van der Waals surface area contributed by atoms with Crippen molar-refractivity contribution in [2.24, 2.45) is 26.8 Å². The van der Waals surface area contributed by atoms with Gasteiger partial charge in [0.2, 0.25) is 5.13 Å². The van der Waals surface area contributed by atoms with E-state index in [2.05, 4.69) is 25.7 Å². The molecular formula is C11H11N7OS. The maximum absolute atomic E-state index is 5.60. The molecule has 2 heterocycles. The molecule has 8 nitrogen and oxygen atoms in total. The number of nitrogens with zero attached hydrogens (tertiary/aromatic N) is 4. The van der Waals surface area contributed by atoms with Gasteiger partial charge in [-0.2, -0.15) is 5.10 Å². The summed E-state index contributed by atoms with van der Waals surface area (Å²) in [5.74, 6) is 1.14.